The number of sulfonamides is 1. The molecule has 40 heavy (non-hydrogen) atoms. The first-order valence-electron chi connectivity index (χ1n) is 12.7. The van der Waals surface area contributed by atoms with Gasteiger partial charge in [0, 0.05) is 22.6 Å². The van der Waals surface area contributed by atoms with Gasteiger partial charge in [0.2, 0.25) is 11.8 Å². The number of nitrogens with one attached hydrogen (secondary N) is 1. The Hall–Kier alpha value is -3.27. The predicted molar refractivity (Wildman–Crippen MR) is 158 cm³/mol. The van der Waals surface area contributed by atoms with Gasteiger partial charge < -0.3 is 15.0 Å². The summed E-state index contributed by atoms with van der Waals surface area (Å²) < 4.78 is 34.3. The summed E-state index contributed by atoms with van der Waals surface area (Å²) >= 11 is 12.3. The molecule has 8 nitrogen and oxygen atoms in total. The van der Waals surface area contributed by atoms with Crippen molar-refractivity contribution in [3.8, 4) is 5.75 Å². The number of anilines is 1. The minimum Gasteiger partial charge on any atom is -0.495 e. The Bertz CT molecular complexity index is 1420. The van der Waals surface area contributed by atoms with Crippen LogP contribution in [0.3, 0.4) is 0 Å². The Kier molecular flexibility index (Phi) is 10.8. The summed E-state index contributed by atoms with van der Waals surface area (Å²) in [6.45, 7) is 4.91. The third-order valence-electron chi connectivity index (χ3n) is 6.10. The zero-order chi connectivity index (χ0) is 29.4. The lowest BCUT2D eigenvalue weighted by atomic mass is 10.1. The van der Waals surface area contributed by atoms with E-state index in [0.717, 1.165) is 9.87 Å². The highest BCUT2D eigenvalue weighted by Crippen LogP contribution is 2.35. The van der Waals surface area contributed by atoms with Crippen molar-refractivity contribution in [1.29, 1.82) is 0 Å². The normalized spacial score (nSPS) is 12.1. The zero-order valence-corrected chi connectivity index (χ0v) is 25.1. The van der Waals surface area contributed by atoms with Crippen molar-refractivity contribution in [3.63, 3.8) is 0 Å². The van der Waals surface area contributed by atoms with E-state index in [4.69, 9.17) is 27.9 Å². The van der Waals surface area contributed by atoms with Gasteiger partial charge in [-0.25, -0.2) is 8.42 Å². The summed E-state index contributed by atoms with van der Waals surface area (Å²) in [7, 11) is -2.85. The van der Waals surface area contributed by atoms with Gasteiger partial charge in [-0.05, 0) is 68.3 Å². The monoisotopic (exact) mass is 605 g/mol. The Morgan fingerprint density at radius 3 is 2.15 bits per heavy atom. The number of rotatable bonds is 12. The minimum absolute atomic E-state index is 0.0151. The molecule has 0 fully saturated rings. The molecule has 0 bridgehead atoms. The molecule has 0 unspecified atom stereocenters. The van der Waals surface area contributed by atoms with Gasteiger partial charge in [0.1, 0.15) is 18.3 Å². The van der Waals surface area contributed by atoms with E-state index in [0.29, 0.717) is 11.4 Å². The van der Waals surface area contributed by atoms with Crippen LogP contribution in [0.1, 0.15) is 32.8 Å². The maximum atomic E-state index is 14.1. The van der Waals surface area contributed by atoms with Gasteiger partial charge in [-0.3, -0.25) is 13.9 Å². The number of carbonyl (C=O) groups excluding carboxylic acids is 2. The molecular formula is C29H33Cl2N3O5S. The quantitative estimate of drug-likeness (QED) is 0.293. The lowest BCUT2D eigenvalue weighted by Crippen LogP contribution is -2.53. The van der Waals surface area contributed by atoms with Crippen LogP contribution >= 0.6 is 23.2 Å². The molecule has 3 aromatic rings. The lowest BCUT2D eigenvalue weighted by molar-refractivity contribution is -0.140. The van der Waals surface area contributed by atoms with Crippen LogP contribution < -0.4 is 14.4 Å². The van der Waals surface area contributed by atoms with E-state index in [1.165, 1.54) is 36.3 Å². The number of amides is 2. The number of nitrogens with zero attached hydrogens (tertiary/aromatic N) is 2. The first-order chi connectivity index (χ1) is 19.0. The van der Waals surface area contributed by atoms with Crippen molar-refractivity contribution in [2.75, 3.05) is 18.0 Å². The van der Waals surface area contributed by atoms with E-state index in [1.54, 1.807) is 55.5 Å². The number of halogens is 2. The number of carbonyl (C=O) groups is 2. The summed E-state index contributed by atoms with van der Waals surface area (Å²) in [6, 6.07) is 18.2. The van der Waals surface area contributed by atoms with Gasteiger partial charge >= 0.3 is 0 Å². The highest BCUT2D eigenvalue weighted by Gasteiger charge is 2.35. The van der Waals surface area contributed by atoms with E-state index in [-0.39, 0.29) is 39.8 Å². The highest BCUT2D eigenvalue weighted by molar-refractivity contribution is 7.92. The summed E-state index contributed by atoms with van der Waals surface area (Å²) in [5.74, 6) is -0.703. The fourth-order valence-electron chi connectivity index (χ4n) is 4.18. The lowest BCUT2D eigenvalue weighted by Gasteiger charge is -2.34. The maximum Gasteiger partial charge on any atom is 0.264 e. The topological polar surface area (TPSA) is 96.0 Å². The third kappa shape index (κ3) is 7.68. The van der Waals surface area contributed by atoms with Crippen molar-refractivity contribution in [1.82, 2.24) is 10.2 Å². The van der Waals surface area contributed by atoms with Gasteiger partial charge in [0.15, 0.2) is 0 Å². The summed E-state index contributed by atoms with van der Waals surface area (Å²) in [5, 5.41) is 3.66. The first-order valence-corrected chi connectivity index (χ1v) is 14.9. The predicted octanol–water partition coefficient (Wildman–Crippen LogP) is 5.53. The Morgan fingerprint density at radius 1 is 0.950 bits per heavy atom. The van der Waals surface area contributed by atoms with Crippen molar-refractivity contribution < 1.29 is 22.7 Å². The molecule has 0 saturated heterocycles. The molecule has 0 aromatic heterocycles. The molecule has 3 rings (SSSR count). The average molecular weight is 607 g/mol. The molecule has 3 aromatic carbocycles. The molecular weight excluding hydrogens is 573 g/mol. The molecule has 0 aliphatic carbocycles. The minimum atomic E-state index is -4.25. The Balaban J connectivity index is 2.12. The van der Waals surface area contributed by atoms with Gasteiger partial charge in [-0.2, -0.15) is 0 Å². The Labute approximate surface area is 245 Å². The summed E-state index contributed by atoms with van der Waals surface area (Å²) in [5.41, 5.74) is 0.824. The van der Waals surface area contributed by atoms with E-state index in [2.05, 4.69) is 5.32 Å². The van der Waals surface area contributed by atoms with Crippen LogP contribution in [0.4, 0.5) is 5.69 Å². The van der Waals surface area contributed by atoms with E-state index >= 15 is 0 Å². The fourth-order valence-corrected chi connectivity index (χ4v) is 5.91. The molecule has 0 aliphatic heterocycles. The largest absolute Gasteiger partial charge is 0.495 e. The second-order valence-corrected chi connectivity index (χ2v) is 12.1. The molecule has 1 N–H and O–H groups in total. The molecule has 214 valence electrons. The van der Waals surface area contributed by atoms with E-state index in [9.17, 15) is 18.0 Å². The van der Waals surface area contributed by atoms with Crippen molar-refractivity contribution in [2.45, 2.75) is 50.7 Å². The summed E-state index contributed by atoms with van der Waals surface area (Å²) in [4.78, 5) is 28.7. The smallest absolute Gasteiger partial charge is 0.264 e. The maximum absolute atomic E-state index is 14.1. The van der Waals surface area contributed by atoms with Crippen LogP contribution in [0.5, 0.6) is 5.75 Å². The van der Waals surface area contributed by atoms with Crippen LogP contribution in [0.15, 0.2) is 77.7 Å². The number of methoxy groups -OCH3 is 1. The molecule has 0 radical (unpaired) electrons. The van der Waals surface area contributed by atoms with E-state index in [1.807, 2.05) is 13.8 Å². The highest BCUT2D eigenvalue weighted by atomic mass is 35.5. The van der Waals surface area contributed by atoms with Crippen LogP contribution in [0.25, 0.3) is 0 Å². The van der Waals surface area contributed by atoms with Crippen LogP contribution in [0.2, 0.25) is 10.0 Å². The van der Waals surface area contributed by atoms with Crippen LogP contribution in [-0.2, 0) is 26.2 Å². The number of ether oxygens (including phenoxy) is 1. The molecule has 0 spiro atoms. The van der Waals surface area contributed by atoms with Gasteiger partial charge in [0.05, 0.1) is 17.7 Å². The SMILES string of the molecule is CC[C@H](C(=O)NC(C)C)N(Cc1ccc(Cl)cc1)C(=O)CN(c1cc(Cl)ccc1OC)S(=O)(=O)c1ccccc1. The summed E-state index contributed by atoms with van der Waals surface area (Å²) in [6.07, 6.45) is 0.309. The zero-order valence-electron chi connectivity index (χ0n) is 22.8. The van der Waals surface area contributed by atoms with Crippen LogP contribution in [0, 0.1) is 0 Å². The first kappa shape index (κ1) is 31.3. The molecule has 1 atom stereocenters. The molecule has 0 aliphatic rings. The van der Waals surface area contributed by atoms with Crippen molar-refractivity contribution in [2.24, 2.45) is 0 Å². The second kappa shape index (κ2) is 13.9. The number of hydrogen-bond donors (Lipinski definition) is 1. The molecule has 0 saturated carbocycles. The standard InChI is InChI=1S/C29H33Cl2N3O5S/c1-5-25(29(36)32-20(2)3)33(18-21-11-13-22(30)14-12-21)28(35)19-34(26-17-23(31)15-16-27(26)39-4)40(37,38)24-9-7-6-8-10-24/h6-17,20,25H,5,18-19H2,1-4H3,(H,32,36)/t25-/m1/s1. The van der Waals surface area contributed by atoms with Gasteiger partial charge in [-0.15, -0.1) is 0 Å². The number of hydrogen-bond acceptors (Lipinski definition) is 5. The average Bonchev–Trinajstić information content (AvgIpc) is 2.92. The molecule has 11 heteroatoms. The third-order valence-corrected chi connectivity index (χ3v) is 8.36. The fraction of sp³-hybridized carbons (Fsp3) is 0.310. The van der Waals surface area contributed by atoms with Gasteiger partial charge in [0.25, 0.3) is 10.0 Å². The second-order valence-electron chi connectivity index (χ2n) is 9.38. The van der Waals surface area contributed by atoms with Crippen LogP contribution in [-0.4, -0.2) is 50.9 Å². The van der Waals surface area contributed by atoms with E-state index < -0.39 is 28.5 Å². The van der Waals surface area contributed by atoms with Crippen molar-refractivity contribution in [3.05, 3.63) is 88.4 Å². The molecule has 2 amide bonds. The van der Waals surface area contributed by atoms with Gasteiger partial charge in [-0.1, -0.05) is 60.5 Å². The van der Waals surface area contributed by atoms with Crippen molar-refractivity contribution >= 4 is 50.7 Å². The Morgan fingerprint density at radius 2 is 1.57 bits per heavy atom. The molecule has 0 heterocycles. The number of benzene rings is 3.